The number of rotatable bonds is 5. The first-order valence-electron chi connectivity index (χ1n) is 6.85. The second-order valence-corrected chi connectivity index (χ2v) is 4.48. The number of nitrogens with two attached hydrogens (primary N) is 5. The molecule has 0 radical (unpaired) electrons. The fourth-order valence-corrected chi connectivity index (χ4v) is 1.37. The molecule has 3 rings (SSSR count). The highest BCUT2D eigenvalue weighted by Gasteiger charge is 2.17. The first-order chi connectivity index (χ1) is 13.7. The first kappa shape index (κ1) is 22.5. The zero-order valence-corrected chi connectivity index (χ0v) is 14.5. The van der Waals surface area contributed by atoms with Gasteiger partial charge in [0.1, 0.15) is 0 Å². The molecule has 0 bridgehead atoms. The van der Waals surface area contributed by atoms with Crippen molar-refractivity contribution in [2.75, 3.05) is 39.7 Å². The number of hydrogen-bond acceptors (Lipinski definition) is 14. The molecule has 0 saturated carbocycles. The van der Waals surface area contributed by atoms with E-state index in [0.717, 1.165) is 9.35 Å². The van der Waals surface area contributed by atoms with E-state index in [0.29, 0.717) is 0 Å². The average molecular weight is 429 g/mol. The largest absolute Gasteiger partial charge is 0.640 e. The molecule has 30 heavy (non-hydrogen) atoms. The Balaban J connectivity index is 0.000000379. The van der Waals surface area contributed by atoms with Crippen LogP contribution in [0.2, 0.25) is 0 Å². The van der Waals surface area contributed by atoms with Crippen molar-refractivity contribution in [1.29, 1.82) is 0 Å². The number of nitrogen functional groups attached to an aromatic ring is 5. The highest BCUT2D eigenvalue weighted by molar-refractivity contribution is 5.32. The van der Waals surface area contributed by atoms with Gasteiger partial charge in [-0.1, -0.05) is 21.0 Å². The Morgan fingerprint density at radius 2 is 1.43 bits per heavy atom. The average Bonchev–Trinajstić information content (AvgIpc) is 3.33. The smallest absolute Gasteiger partial charge is 0.376 e. The van der Waals surface area contributed by atoms with Crippen LogP contribution in [0.3, 0.4) is 0 Å². The third kappa shape index (κ3) is 5.25. The van der Waals surface area contributed by atoms with Gasteiger partial charge >= 0.3 is 11.9 Å². The van der Waals surface area contributed by atoms with Crippen LogP contribution in [0.25, 0.3) is 10.4 Å². The number of anilines is 5. The van der Waals surface area contributed by atoms with Crippen LogP contribution in [0.5, 0.6) is 0 Å². The molecule has 0 aliphatic heterocycles. The molecule has 0 aliphatic carbocycles. The molecule has 0 aliphatic rings. The Morgan fingerprint density at radius 1 is 0.967 bits per heavy atom. The topological polar surface area (TPSA) is 390 Å². The summed E-state index contributed by atoms with van der Waals surface area (Å²) in [5, 5.41) is 45.2. The lowest BCUT2D eigenvalue weighted by Gasteiger charge is -2.08. The Hall–Kier alpha value is -5.51. The van der Waals surface area contributed by atoms with Crippen molar-refractivity contribution in [3.8, 4) is 0 Å². The predicted molar refractivity (Wildman–Crippen MR) is 96.9 cm³/mol. The van der Waals surface area contributed by atoms with Gasteiger partial charge in [-0.15, -0.1) is 15.3 Å². The van der Waals surface area contributed by atoms with Crippen molar-refractivity contribution < 1.29 is 15.4 Å². The Morgan fingerprint density at radius 3 is 1.73 bits per heavy atom. The van der Waals surface area contributed by atoms with Crippen LogP contribution in [0, 0.1) is 10.4 Å². The van der Waals surface area contributed by atoms with Gasteiger partial charge in [0, 0.05) is 4.91 Å². The molecule has 3 aromatic heterocycles. The molecule has 24 heteroatoms. The van der Waals surface area contributed by atoms with Crippen LogP contribution in [0.4, 0.5) is 35.7 Å². The van der Waals surface area contributed by atoms with E-state index >= 15 is 0 Å². The van der Waals surface area contributed by atoms with Crippen molar-refractivity contribution in [2.24, 2.45) is 5.11 Å². The maximum atomic E-state index is 11.4. The molecule has 0 atom stereocenters. The minimum atomic E-state index is -0.308. The zero-order valence-electron chi connectivity index (χ0n) is 14.5. The molecule has 0 aromatic carbocycles. The summed E-state index contributed by atoms with van der Waals surface area (Å²) in [5.41, 5.74) is 27.4. The molecule has 0 saturated heterocycles. The van der Waals surface area contributed by atoms with Crippen molar-refractivity contribution in [2.45, 2.75) is 0 Å². The quantitative estimate of drug-likeness (QED) is 0.0475. The third-order valence-electron chi connectivity index (χ3n) is 2.63. The van der Waals surface area contributed by atoms with Gasteiger partial charge in [-0.2, -0.15) is 14.3 Å². The minimum Gasteiger partial charge on any atom is -0.640 e. The molecule has 24 nitrogen and oxygen atoms in total. The number of hydrazine groups is 2. The van der Waals surface area contributed by atoms with Crippen LogP contribution < -0.4 is 39.7 Å². The van der Waals surface area contributed by atoms with Gasteiger partial charge in [0.05, 0.1) is 9.94 Å². The van der Waals surface area contributed by atoms with E-state index in [9.17, 15) is 10.4 Å². The third-order valence-corrected chi connectivity index (χ3v) is 2.63. The highest BCUT2D eigenvalue weighted by atomic mass is 16.7. The van der Waals surface area contributed by atoms with Crippen LogP contribution in [0.15, 0.2) is 5.11 Å². The van der Waals surface area contributed by atoms with Crippen LogP contribution >= 0.6 is 0 Å². The summed E-state index contributed by atoms with van der Waals surface area (Å²) in [4.78, 5) is 5.33. The van der Waals surface area contributed by atoms with Gasteiger partial charge in [0.15, 0.2) is 0 Å². The lowest BCUT2D eigenvalue weighted by molar-refractivity contribution is -0.946. The van der Waals surface area contributed by atoms with E-state index in [4.69, 9.17) is 34.4 Å². The SMILES string of the molecule is Nc1nnc(N/[N+]([O-])=[N+](\[O-])Nc2nnc(N)n2N)n1N.O.[N-]=[N+]=Nc1nc(N)n[nH]1. The van der Waals surface area contributed by atoms with Gasteiger partial charge in [0.25, 0.3) is 0 Å². The Labute approximate surface area is 162 Å². The summed E-state index contributed by atoms with van der Waals surface area (Å²) in [7, 11) is 0. The summed E-state index contributed by atoms with van der Waals surface area (Å²) in [6.45, 7) is 0. The number of nitrogens with zero attached hydrogens (tertiary/aromatic N) is 13. The lowest BCUT2D eigenvalue weighted by Crippen LogP contribution is -2.31. The molecule has 15 N–H and O–H groups in total. The van der Waals surface area contributed by atoms with E-state index in [1.54, 1.807) is 0 Å². The van der Waals surface area contributed by atoms with Crippen molar-refractivity contribution in [3.05, 3.63) is 20.9 Å². The summed E-state index contributed by atoms with van der Waals surface area (Å²) in [6, 6.07) is 0. The van der Waals surface area contributed by atoms with E-state index in [2.05, 4.69) is 45.6 Å². The number of aromatic nitrogens is 9. The van der Waals surface area contributed by atoms with Crippen molar-refractivity contribution in [1.82, 2.24) is 44.9 Å². The molecule has 3 heterocycles. The number of hydrogen-bond donors (Lipinski definition) is 8. The van der Waals surface area contributed by atoms with Gasteiger partial charge in [-0.25, -0.2) is 0 Å². The second-order valence-electron chi connectivity index (χ2n) is 4.48. The monoisotopic (exact) mass is 429 g/mol. The van der Waals surface area contributed by atoms with Crippen LogP contribution in [0.1, 0.15) is 0 Å². The summed E-state index contributed by atoms with van der Waals surface area (Å²) in [6.07, 6.45) is 0. The van der Waals surface area contributed by atoms with Crippen LogP contribution in [-0.2, 0) is 0 Å². The van der Waals surface area contributed by atoms with Crippen molar-refractivity contribution >= 4 is 35.7 Å². The number of nitrogens with one attached hydrogen (secondary N) is 3. The summed E-state index contributed by atoms with van der Waals surface area (Å²) < 4.78 is 1.50. The summed E-state index contributed by atoms with van der Waals surface area (Å²) in [5.74, 6) is 10.0. The molecule has 0 fully saturated rings. The first-order valence-corrected chi connectivity index (χ1v) is 6.85. The fourth-order valence-electron chi connectivity index (χ4n) is 1.37. The van der Waals surface area contributed by atoms with E-state index in [1.165, 1.54) is 0 Å². The molecule has 3 aromatic rings. The number of aromatic amines is 1. The molecule has 0 unspecified atom stereocenters. The van der Waals surface area contributed by atoms with E-state index in [1.807, 2.05) is 10.9 Å². The molecular formula is C6H15N21O3. The standard InChI is InChI=1S/C4H10N14O2.C2H3N7.H2O/c5-1-9-11-3(15(1)7)13-17(19)18(20)14-4-12-10-2(6)16(4)8;3-1-5-2(7-6-1)8-9-4;/h7-8H2,(H2,5,9)(H2,6,10)(H,11,13)(H,12,14);(H3,3,5,6,7);1H2/b18-17+;;. The predicted octanol–water partition coefficient (Wildman–Crippen LogP) is -4.21. The zero-order chi connectivity index (χ0) is 21.6. The second kappa shape index (κ2) is 9.43. The Kier molecular flexibility index (Phi) is 7.08. The maximum Gasteiger partial charge on any atom is 0.376 e. The molecule has 162 valence electrons. The number of H-pyrrole nitrogens is 1. The van der Waals surface area contributed by atoms with Crippen molar-refractivity contribution in [3.63, 3.8) is 0 Å². The maximum absolute atomic E-state index is 11.4. The molecule has 0 amide bonds. The van der Waals surface area contributed by atoms with E-state index in [-0.39, 0.29) is 51.1 Å². The van der Waals surface area contributed by atoms with E-state index < -0.39 is 0 Å². The van der Waals surface area contributed by atoms with Gasteiger partial charge in [0.2, 0.25) is 23.8 Å². The normalized spacial score (nSPS) is 10.5. The van der Waals surface area contributed by atoms with Crippen LogP contribution in [-0.4, -0.2) is 60.3 Å². The van der Waals surface area contributed by atoms with Gasteiger partial charge in [-0.05, 0) is 10.6 Å². The Bertz CT molecular complexity index is 995. The molecule has 0 spiro atoms. The van der Waals surface area contributed by atoms with Gasteiger partial charge in [-0.3, -0.25) is 5.10 Å². The number of azide groups is 1. The fraction of sp³-hybridized carbons (Fsp3) is 0. The molecular weight excluding hydrogens is 414 g/mol. The highest BCUT2D eigenvalue weighted by Crippen LogP contribution is 2.05. The van der Waals surface area contributed by atoms with Gasteiger partial charge < -0.3 is 44.8 Å². The minimum absolute atomic E-state index is 0. The summed E-state index contributed by atoms with van der Waals surface area (Å²) >= 11 is 0. The lowest BCUT2D eigenvalue weighted by atomic mass is 11.0.